The fourth-order valence-corrected chi connectivity index (χ4v) is 3.80. The highest BCUT2D eigenvalue weighted by Crippen LogP contribution is 2.28. The first-order valence-corrected chi connectivity index (χ1v) is 10.8. The monoisotopic (exact) mass is 513 g/mol. The molecule has 1 amide bonds. The molecule has 0 atom stereocenters. The lowest BCUT2D eigenvalue weighted by molar-refractivity contribution is -0.139. The van der Waals surface area contributed by atoms with E-state index in [0.717, 1.165) is 77.5 Å². The van der Waals surface area contributed by atoms with Gasteiger partial charge in [-0.05, 0) is 31.2 Å². The van der Waals surface area contributed by atoms with Crippen LogP contribution < -0.4 is 10.6 Å². The number of nitrogens with one attached hydrogen (secondary N) is 2. The molecule has 1 aliphatic carbocycles. The molecular formula is C22H36IN5O. The second-order valence-electron chi connectivity index (χ2n) is 7.81. The van der Waals surface area contributed by atoms with Crippen LogP contribution in [0.4, 0.5) is 0 Å². The lowest BCUT2D eigenvalue weighted by atomic mass is 9.84. The fraction of sp³-hybridized carbons (Fsp3) is 0.636. The molecule has 3 rings (SSSR count). The summed E-state index contributed by atoms with van der Waals surface area (Å²) in [5.41, 5.74) is 1.38. The maximum Gasteiger partial charge on any atom is 0.225 e. The molecule has 2 aliphatic rings. The topological polar surface area (TPSA) is 60.0 Å². The predicted molar refractivity (Wildman–Crippen MR) is 130 cm³/mol. The van der Waals surface area contributed by atoms with Gasteiger partial charge in [0.15, 0.2) is 5.96 Å². The molecule has 2 fully saturated rings. The Morgan fingerprint density at radius 1 is 1.07 bits per heavy atom. The summed E-state index contributed by atoms with van der Waals surface area (Å²) in [4.78, 5) is 21.1. The number of hydrogen-bond donors (Lipinski definition) is 2. The molecule has 0 radical (unpaired) electrons. The molecule has 7 heteroatoms. The second-order valence-corrected chi connectivity index (χ2v) is 7.81. The summed E-state index contributed by atoms with van der Waals surface area (Å²) in [5.74, 6) is 1.58. The number of piperazine rings is 1. The number of guanidine groups is 1. The third-order valence-electron chi connectivity index (χ3n) is 5.86. The van der Waals surface area contributed by atoms with Crippen molar-refractivity contribution in [1.82, 2.24) is 20.4 Å². The largest absolute Gasteiger partial charge is 0.356 e. The summed E-state index contributed by atoms with van der Waals surface area (Å²) < 4.78 is 0. The highest BCUT2D eigenvalue weighted by atomic mass is 127. The van der Waals surface area contributed by atoms with Gasteiger partial charge in [0.1, 0.15) is 0 Å². The summed E-state index contributed by atoms with van der Waals surface area (Å²) in [7, 11) is 1.82. The molecule has 1 aliphatic heterocycles. The SMILES string of the molecule is CN=C(NCCCc1ccccc1)NCCN1CCN(C(=O)C2CCC2)CC1.I. The van der Waals surface area contributed by atoms with Crippen LogP contribution >= 0.6 is 24.0 Å². The Morgan fingerprint density at radius 3 is 2.38 bits per heavy atom. The van der Waals surface area contributed by atoms with E-state index < -0.39 is 0 Å². The molecule has 1 aromatic carbocycles. The number of aliphatic imine (C=N–C) groups is 1. The minimum atomic E-state index is 0. The van der Waals surface area contributed by atoms with Crippen LogP contribution in [0.25, 0.3) is 0 Å². The summed E-state index contributed by atoms with van der Waals surface area (Å²) in [6.45, 7) is 6.47. The van der Waals surface area contributed by atoms with E-state index in [1.54, 1.807) is 0 Å². The highest BCUT2D eigenvalue weighted by Gasteiger charge is 2.30. The number of nitrogens with zero attached hydrogens (tertiary/aromatic N) is 3. The zero-order valence-corrected chi connectivity index (χ0v) is 19.9. The maximum absolute atomic E-state index is 12.3. The van der Waals surface area contributed by atoms with E-state index in [-0.39, 0.29) is 24.0 Å². The van der Waals surface area contributed by atoms with Gasteiger partial charge in [0.25, 0.3) is 0 Å². The van der Waals surface area contributed by atoms with E-state index in [0.29, 0.717) is 11.8 Å². The molecule has 1 saturated carbocycles. The molecule has 0 bridgehead atoms. The van der Waals surface area contributed by atoms with E-state index in [2.05, 4.69) is 55.8 Å². The van der Waals surface area contributed by atoms with Crippen LogP contribution in [0.15, 0.2) is 35.3 Å². The van der Waals surface area contributed by atoms with Gasteiger partial charge < -0.3 is 15.5 Å². The normalized spacial score (nSPS) is 18.0. The van der Waals surface area contributed by atoms with Crippen molar-refractivity contribution in [2.24, 2.45) is 10.9 Å². The van der Waals surface area contributed by atoms with Crippen molar-refractivity contribution in [2.75, 3.05) is 52.9 Å². The van der Waals surface area contributed by atoms with Crippen LogP contribution in [0.2, 0.25) is 0 Å². The maximum atomic E-state index is 12.3. The first-order valence-electron chi connectivity index (χ1n) is 10.8. The number of aryl methyl sites for hydroxylation is 1. The van der Waals surface area contributed by atoms with Gasteiger partial charge in [-0.1, -0.05) is 36.8 Å². The van der Waals surface area contributed by atoms with Crippen molar-refractivity contribution >= 4 is 35.8 Å². The van der Waals surface area contributed by atoms with Crippen molar-refractivity contribution < 1.29 is 4.79 Å². The molecule has 0 unspecified atom stereocenters. The molecule has 1 saturated heterocycles. The van der Waals surface area contributed by atoms with Crippen LogP contribution in [-0.4, -0.2) is 74.5 Å². The smallest absolute Gasteiger partial charge is 0.225 e. The van der Waals surface area contributed by atoms with Crippen molar-refractivity contribution in [2.45, 2.75) is 32.1 Å². The van der Waals surface area contributed by atoms with Crippen molar-refractivity contribution in [1.29, 1.82) is 0 Å². The number of halogens is 1. The van der Waals surface area contributed by atoms with Crippen LogP contribution in [-0.2, 0) is 11.2 Å². The van der Waals surface area contributed by atoms with Gasteiger partial charge in [-0.15, -0.1) is 24.0 Å². The number of carbonyl (C=O) groups is 1. The van der Waals surface area contributed by atoms with Gasteiger partial charge in [0.05, 0.1) is 0 Å². The molecule has 0 aromatic heterocycles. The van der Waals surface area contributed by atoms with E-state index >= 15 is 0 Å². The van der Waals surface area contributed by atoms with Gasteiger partial charge >= 0.3 is 0 Å². The Labute approximate surface area is 192 Å². The third-order valence-corrected chi connectivity index (χ3v) is 5.86. The summed E-state index contributed by atoms with van der Waals surface area (Å²) in [6.07, 6.45) is 5.58. The van der Waals surface area contributed by atoms with E-state index in [9.17, 15) is 4.79 Å². The first-order chi connectivity index (χ1) is 13.8. The van der Waals surface area contributed by atoms with Gasteiger partial charge in [0.2, 0.25) is 5.91 Å². The average Bonchev–Trinajstić information content (AvgIpc) is 2.69. The molecule has 6 nitrogen and oxygen atoms in total. The van der Waals surface area contributed by atoms with Crippen LogP contribution in [0.3, 0.4) is 0 Å². The summed E-state index contributed by atoms with van der Waals surface area (Å²) >= 11 is 0. The van der Waals surface area contributed by atoms with Gasteiger partial charge in [-0.3, -0.25) is 14.7 Å². The summed E-state index contributed by atoms with van der Waals surface area (Å²) in [5, 5.41) is 6.79. The number of rotatable bonds is 8. The van der Waals surface area contributed by atoms with Gasteiger partial charge in [-0.2, -0.15) is 0 Å². The number of amides is 1. The minimum absolute atomic E-state index is 0. The molecule has 2 N–H and O–H groups in total. The average molecular weight is 513 g/mol. The van der Waals surface area contributed by atoms with Gasteiger partial charge in [0, 0.05) is 58.8 Å². The highest BCUT2D eigenvalue weighted by molar-refractivity contribution is 14.0. The van der Waals surface area contributed by atoms with E-state index in [1.807, 2.05) is 7.05 Å². The number of carbonyl (C=O) groups excluding carboxylic acids is 1. The zero-order chi connectivity index (χ0) is 19.6. The van der Waals surface area contributed by atoms with Gasteiger partial charge in [-0.25, -0.2) is 0 Å². The van der Waals surface area contributed by atoms with Crippen molar-refractivity contribution in [3.63, 3.8) is 0 Å². The lowest BCUT2D eigenvalue weighted by Gasteiger charge is -2.38. The van der Waals surface area contributed by atoms with Crippen LogP contribution in [0.1, 0.15) is 31.2 Å². The Balaban J connectivity index is 0.00000300. The van der Waals surface area contributed by atoms with Crippen molar-refractivity contribution in [3.8, 4) is 0 Å². The molecule has 0 spiro atoms. The van der Waals surface area contributed by atoms with E-state index in [4.69, 9.17) is 0 Å². The standard InChI is InChI=1S/C22H35N5O.HI/c1-23-22(24-12-6-9-19-7-3-2-4-8-19)25-13-14-26-15-17-27(18-16-26)21(28)20-10-5-11-20;/h2-4,7-8,20H,5-6,9-18H2,1H3,(H2,23,24,25);1H. The van der Waals surface area contributed by atoms with Crippen LogP contribution in [0, 0.1) is 5.92 Å². The Bertz CT molecular complexity index is 627. The minimum Gasteiger partial charge on any atom is -0.356 e. The second kappa shape index (κ2) is 13.1. The number of benzene rings is 1. The Hall–Kier alpha value is -1.35. The number of hydrogen-bond acceptors (Lipinski definition) is 3. The third kappa shape index (κ3) is 7.77. The van der Waals surface area contributed by atoms with E-state index in [1.165, 1.54) is 12.0 Å². The molecule has 29 heavy (non-hydrogen) atoms. The fourth-order valence-electron chi connectivity index (χ4n) is 3.80. The summed E-state index contributed by atoms with van der Waals surface area (Å²) in [6, 6.07) is 10.6. The van der Waals surface area contributed by atoms with Crippen molar-refractivity contribution in [3.05, 3.63) is 35.9 Å². The zero-order valence-electron chi connectivity index (χ0n) is 17.6. The molecule has 162 valence electrons. The molecule has 1 aromatic rings. The predicted octanol–water partition coefficient (Wildman–Crippen LogP) is 2.35. The molecular weight excluding hydrogens is 477 g/mol. The Kier molecular flexibility index (Phi) is 10.8. The Morgan fingerprint density at radius 2 is 1.76 bits per heavy atom. The van der Waals surface area contributed by atoms with Crippen LogP contribution in [0.5, 0.6) is 0 Å². The lowest BCUT2D eigenvalue weighted by Crippen LogP contribution is -2.52. The molecule has 1 heterocycles. The first kappa shape index (κ1) is 23.9. The quantitative estimate of drug-likeness (QED) is 0.243.